The van der Waals surface area contributed by atoms with Crippen LogP contribution in [0.1, 0.15) is 29.0 Å². The lowest BCUT2D eigenvalue weighted by Crippen LogP contribution is -2.54. The van der Waals surface area contributed by atoms with Crippen LogP contribution in [0.5, 0.6) is 0 Å². The number of nitrogens with zero attached hydrogens (tertiary/aromatic N) is 4. The second-order valence-electron chi connectivity index (χ2n) is 6.24. The van der Waals surface area contributed by atoms with E-state index in [1.807, 2.05) is 23.1 Å². The first-order valence-electron chi connectivity index (χ1n) is 8.53. The molecule has 2 aromatic heterocycles. The molecule has 0 N–H and O–H groups in total. The summed E-state index contributed by atoms with van der Waals surface area (Å²) in [5.41, 5.74) is 1.32. The van der Waals surface area contributed by atoms with Gasteiger partial charge in [-0.1, -0.05) is 6.07 Å². The second-order valence-corrected chi connectivity index (χ2v) is 6.24. The highest BCUT2D eigenvalue weighted by molar-refractivity contribution is 5.92. The number of amides is 1. The first-order valence-corrected chi connectivity index (χ1v) is 8.53. The fraction of sp³-hybridized carbons (Fsp3) is 0.444. The van der Waals surface area contributed by atoms with Gasteiger partial charge in [0.2, 0.25) is 0 Å². The van der Waals surface area contributed by atoms with Gasteiger partial charge in [-0.2, -0.15) is 0 Å². The summed E-state index contributed by atoms with van der Waals surface area (Å²) < 4.78 is 12.0. The summed E-state index contributed by atoms with van der Waals surface area (Å²) in [6, 6.07) is 7.46. The summed E-state index contributed by atoms with van der Waals surface area (Å²) in [5.74, 6) is -0.0638. The van der Waals surface area contributed by atoms with E-state index in [1.165, 1.54) is 6.33 Å². The van der Waals surface area contributed by atoms with Crippen molar-refractivity contribution in [2.24, 2.45) is 0 Å². The number of hydrogen-bond donors (Lipinski definition) is 0. The summed E-state index contributed by atoms with van der Waals surface area (Å²) in [5, 5.41) is 0. The number of carbonyl (C=O) groups is 1. The van der Waals surface area contributed by atoms with E-state index in [-0.39, 0.29) is 24.2 Å². The van der Waals surface area contributed by atoms with Crippen LogP contribution in [0.15, 0.2) is 43.0 Å². The Balaban J connectivity index is 1.42. The van der Waals surface area contributed by atoms with E-state index in [2.05, 4.69) is 15.0 Å². The third kappa shape index (κ3) is 3.38. The normalized spacial score (nSPS) is 25.6. The van der Waals surface area contributed by atoms with Crippen molar-refractivity contribution in [1.29, 1.82) is 0 Å². The van der Waals surface area contributed by atoms with Gasteiger partial charge in [0.05, 0.1) is 31.1 Å². The minimum absolute atomic E-state index is 0.0204. The highest BCUT2D eigenvalue weighted by Crippen LogP contribution is 2.33. The third-order valence-electron chi connectivity index (χ3n) is 4.77. The minimum Gasteiger partial charge on any atom is -0.372 e. The summed E-state index contributed by atoms with van der Waals surface area (Å²) in [4.78, 5) is 26.9. The van der Waals surface area contributed by atoms with Gasteiger partial charge in [0.15, 0.2) is 0 Å². The summed E-state index contributed by atoms with van der Waals surface area (Å²) in [6.45, 7) is 1.55. The Kier molecular flexibility index (Phi) is 4.67. The molecule has 0 unspecified atom stereocenters. The van der Waals surface area contributed by atoms with Crippen molar-refractivity contribution in [3.05, 3.63) is 54.4 Å². The fourth-order valence-electron chi connectivity index (χ4n) is 3.59. The molecular weight excluding hydrogens is 320 g/mol. The molecule has 4 rings (SSSR count). The molecule has 7 nitrogen and oxygen atoms in total. The molecule has 0 spiro atoms. The Labute approximate surface area is 146 Å². The summed E-state index contributed by atoms with van der Waals surface area (Å²) in [7, 11) is 0. The van der Waals surface area contributed by atoms with Crippen molar-refractivity contribution in [3.63, 3.8) is 0 Å². The Morgan fingerprint density at radius 1 is 1.24 bits per heavy atom. The smallest absolute Gasteiger partial charge is 0.272 e. The lowest BCUT2D eigenvalue weighted by Gasteiger charge is -2.38. The Hall–Kier alpha value is -2.38. The van der Waals surface area contributed by atoms with Crippen molar-refractivity contribution in [3.8, 4) is 0 Å². The van der Waals surface area contributed by atoms with Gasteiger partial charge in [0.25, 0.3) is 5.91 Å². The van der Waals surface area contributed by atoms with Gasteiger partial charge >= 0.3 is 0 Å². The van der Waals surface area contributed by atoms with Crippen molar-refractivity contribution in [1.82, 2.24) is 19.9 Å². The van der Waals surface area contributed by atoms with E-state index >= 15 is 0 Å². The largest absolute Gasteiger partial charge is 0.372 e. The van der Waals surface area contributed by atoms with Crippen molar-refractivity contribution < 1.29 is 14.3 Å². The molecule has 0 bridgehead atoms. The van der Waals surface area contributed by atoms with Gasteiger partial charge in [0.1, 0.15) is 18.1 Å². The first-order chi connectivity index (χ1) is 12.3. The van der Waals surface area contributed by atoms with E-state index < -0.39 is 0 Å². The van der Waals surface area contributed by atoms with Crippen molar-refractivity contribution in [2.75, 3.05) is 13.2 Å². The number of rotatable bonds is 4. The zero-order valence-electron chi connectivity index (χ0n) is 13.8. The van der Waals surface area contributed by atoms with Crippen LogP contribution in [-0.2, 0) is 16.1 Å². The van der Waals surface area contributed by atoms with Crippen LogP contribution in [0.25, 0.3) is 0 Å². The molecule has 1 aliphatic carbocycles. The van der Waals surface area contributed by atoms with Gasteiger partial charge in [-0.3, -0.25) is 9.78 Å². The standard InChI is InChI=1S/C18H20N4O3/c23-18(14-6-8-19-12-21-14)22-9-10-24-17-15(22)4-5-16(17)25-11-13-3-1-2-7-20-13/h1-3,6-8,12,15-17H,4-5,9-11H2/t15-,16-,17+/m0/s1. The molecular formula is C18H20N4O3. The quantitative estimate of drug-likeness (QED) is 0.839. The highest BCUT2D eigenvalue weighted by Gasteiger charge is 2.45. The molecule has 2 aliphatic rings. The van der Waals surface area contributed by atoms with E-state index in [1.54, 1.807) is 18.5 Å². The molecule has 25 heavy (non-hydrogen) atoms. The zero-order chi connectivity index (χ0) is 17.1. The van der Waals surface area contributed by atoms with Gasteiger partial charge in [0, 0.05) is 18.9 Å². The van der Waals surface area contributed by atoms with E-state index in [9.17, 15) is 4.79 Å². The molecule has 1 saturated heterocycles. The van der Waals surface area contributed by atoms with Crippen molar-refractivity contribution >= 4 is 5.91 Å². The number of carbonyl (C=O) groups excluding carboxylic acids is 1. The molecule has 2 aromatic rings. The highest BCUT2D eigenvalue weighted by atomic mass is 16.5. The second kappa shape index (κ2) is 7.25. The lowest BCUT2D eigenvalue weighted by atomic mass is 10.1. The minimum atomic E-state index is -0.0942. The number of hydrogen-bond acceptors (Lipinski definition) is 6. The van der Waals surface area contributed by atoms with E-state index in [0.717, 1.165) is 18.5 Å². The van der Waals surface area contributed by atoms with Crippen LogP contribution in [-0.4, -0.2) is 57.2 Å². The van der Waals surface area contributed by atoms with Crippen LogP contribution in [0.4, 0.5) is 0 Å². The van der Waals surface area contributed by atoms with Crippen LogP contribution >= 0.6 is 0 Å². The maximum absolute atomic E-state index is 12.8. The van der Waals surface area contributed by atoms with E-state index in [0.29, 0.717) is 25.5 Å². The van der Waals surface area contributed by atoms with Crippen LogP contribution in [0.3, 0.4) is 0 Å². The van der Waals surface area contributed by atoms with Crippen molar-refractivity contribution in [2.45, 2.75) is 37.7 Å². The average molecular weight is 340 g/mol. The summed E-state index contributed by atoms with van der Waals surface area (Å²) in [6.07, 6.45) is 6.38. The number of morpholine rings is 1. The Bertz CT molecular complexity index is 713. The van der Waals surface area contributed by atoms with Crippen LogP contribution < -0.4 is 0 Å². The predicted molar refractivity (Wildman–Crippen MR) is 88.6 cm³/mol. The van der Waals surface area contributed by atoms with E-state index in [4.69, 9.17) is 9.47 Å². The SMILES string of the molecule is O=C(c1ccncn1)N1CCO[C@H]2[C@@H](OCc3ccccn3)CC[C@@H]21. The van der Waals surface area contributed by atoms with Gasteiger partial charge in [-0.15, -0.1) is 0 Å². The van der Waals surface area contributed by atoms with Gasteiger partial charge < -0.3 is 14.4 Å². The molecule has 0 aromatic carbocycles. The zero-order valence-corrected chi connectivity index (χ0v) is 13.8. The van der Waals surface area contributed by atoms with Crippen LogP contribution in [0, 0.1) is 0 Å². The predicted octanol–water partition coefficient (Wildman–Crippen LogP) is 1.46. The lowest BCUT2D eigenvalue weighted by molar-refractivity contribution is -0.109. The molecule has 1 amide bonds. The fourth-order valence-corrected chi connectivity index (χ4v) is 3.59. The monoisotopic (exact) mass is 340 g/mol. The average Bonchev–Trinajstić information content (AvgIpc) is 3.10. The summed E-state index contributed by atoms with van der Waals surface area (Å²) >= 11 is 0. The third-order valence-corrected chi connectivity index (χ3v) is 4.77. The maximum Gasteiger partial charge on any atom is 0.272 e. The molecule has 130 valence electrons. The van der Waals surface area contributed by atoms with Crippen LogP contribution in [0.2, 0.25) is 0 Å². The maximum atomic E-state index is 12.8. The molecule has 0 radical (unpaired) electrons. The molecule has 3 atom stereocenters. The first kappa shape index (κ1) is 16.1. The number of pyridine rings is 1. The topological polar surface area (TPSA) is 77.4 Å². The Morgan fingerprint density at radius 3 is 3.00 bits per heavy atom. The molecule has 1 saturated carbocycles. The van der Waals surface area contributed by atoms with Gasteiger partial charge in [-0.05, 0) is 31.0 Å². The van der Waals surface area contributed by atoms with Gasteiger partial charge in [-0.25, -0.2) is 9.97 Å². The molecule has 3 heterocycles. The molecule has 7 heteroatoms. The number of aromatic nitrogens is 3. The number of fused-ring (bicyclic) bond motifs is 1. The number of ether oxygens (including phenoxy) is 2. The molecule has 1 aliphatic heterocycles. The Morgan fingerprint density at radius 2 is 2.20 bits per heavy atom. The molecule has 2 fully saturated rings.